The lowest BCUT2D eigenvalue weighted by Gasteiger charge is -2.11. The second kappa shape index (κ2) is 11.7. The SMILES string of the molecule is C=CCn1c(CC(=O)Nc2cccc(C(F)(F)F)c2)nnc1SCC(=O)Nc1cc([N+](=O)[O-])ccc1C. The van der Waals surface area contributed by atoms with E-state index in [0.717, 1.165) is 23.9 Å². The van der Waals surface area contributed by atoms with Crippen molar-refractivity contribution in [2.24, 2.45) is 0 Å². The normalized spacial score (nSPS) is 11.1. The number of carbonyl (C=O) groups is 2. The molecule has 0 fully saturated rings. The van der Waals surface area contributed by atoms with Crippen LogP contribution in [0.5, 0.6) is 0 Å². The minimum Gasteiger partial charge on any atom is -0.326 e. The highest BCUT2D eigenvalue weighted by atomic mass is 32.2. The summed E-state index contributed by atoms with van der Waals surface area (Å²) in [6, 6.07) is 8.38. The molecule has 194 valence electrons. The molecule has 0 spiro atoms. The van der Waals surface area contributed by atoms with E-state index in [1.54, 1.807) is 11.5 Å². The number of aryl methyl sites for hydroxylation is 1. The fourth-order valence-corrected chi connectivity index (χ4v) is 3.93. The Labute approximate surface area is 213 Å². The van der Waals surface area contributed by atoms with Gasteiger partial charge in [-0.3, -0.25) is 19.7 Å². The summed E-state index contributed by atoms with van der Waals surface area (Å²) in [6.07, 6.45) is -3.29. The molecule has 0 unspecified atom stereocenters. The number of amides is 2. The smallest absolute Gasteiger partial charge is 0.326 e. The van der Waals surface area contributed by atoms with Gasteiger partial charge in [0, 0.05) is 24.4 Å². The van der Waals surface area contributed by atoms with E-state index in [-0.39, 0.29) is 35.9 Å². The van der Waals surface area contributed by atoms with Gasteiger partial charge in [0.1, 0.15) is 5.82 Å². The molecule has 3 aromatic rings. The average molecular weight is 535 g/mol. The number of benzene rings is 2. The van der Waals surface area contributed by atoms with Gasteiger partial charge in [-0.2, -0.15) is 13.2 Å². The monoisotopic (exact) mass is 534 g/mol. The lowest BCUT2D eigenvalue weighted by Crippen LogP contribution is -2.18. The Morgan fingerprint density at radius 1 is 1.16 bits per heavy atom. The highest BCUT2D eigenvalue weighted by molar-refractivity contribution is 7.99. The zero-order chi connectivity index (χ0) is 27.2. The number of nitro groups is 1. The molecule has 37 heavy (non-hydrogen) atoms. The van der Waals surface area contributed by atoms with Crippen molar-refractivity contribution >= 4 is 40.6 Å². The minimum atomic E-state index is -4.54. The maximum Gasteiger partial charge on any atom is 0.416 e. The van der Waals surface area contributed by atoms with Crippen LogP contribution in [0, 0.1) is 17.0 Å². The molecule has 0 aliphatic heterocycles. The maximum atomic E-state index is 12.9. The summed E-state index contributed by atoms with van der Waals surface area (Å²) >= 11 is 1.03. The quantitative estimate of drug-likeness (QED) is 0.168. The number of alkyl halides is 3. The molecule has 2 aromatic carbocycles. The predicted molar refractivity (Wildman–Crippen MR) is 131 cm³/mol. The van der Waals surface area contributed by atoms with Crippen molar-refractivity contribution in [3.05, 3.63) is 82.2 Å². The third-order valence-corrected chi connectivity index (χ3v) is 5.90. The molecule has 1 heterocycles. The Hall–Kier alpha value is -4.20. The number of carbonyl (C=O) groups excluding carboxylic acids is 2. The Morgan fingerprint density at radius 3 is 2.59 bits per heavy atom. The van der Waals surface area contributed by atoms with E-state index in [1.165, 1.54) is 36.4 Å². The van der Waals surface area contributed by atoms with Gasteiger partial charge in [0.05, 0.1) is 28.3 Å². The molecule has 0 aliphatic carbocycles. The fourth-order valence-electron chi connectivity index (χ4n) is 3.17. The van der Waals surface area contributed by atoms with Crippen LogP contribution < -0.4 is 10.6 Å². The van der Waals surface area contributed by atoms with Gasteiger partial charge in [-0.05, 0) is 30.7 Å². The van der Waals surface area contributed by atoms with Gasteiger partial charge >= 0.3 is 6.18 Å². The van der Waals surface area contributed by atoms with Gasteiger partial charge in [0.2, 0.25) is 11.8 Å². The molecule has 0 bridgehead atoms. The van der Waals surface area contributed by atoms with Gasteiger partial charge in [-0.25, -0.2) is 0 Å². The standard InChI is InChI=1S/C23H21F3N6O4S/c1-3-9-31-19(12-20(33)27-16-6-4-5-15(10-16)23(24,25)26)29-30-22(31)37-13-21(34)28-18-11-17(32(35)36)8-7-14(18)2/h3-8,10-11H,1,9,12-13H2,2H3,(H,27,33)(H,28,34). The third kappa shape index (κ3) is 7.39. The van der Waals surface area contributed by atoms with Crippen molar-refractivity contribution in [2.75, 3.05) is 16.4 Å². The van der Waals surface area contributed by atoms with Crippen LogP contribution in [0.4, 0.5) is 30.2 Å². The Bertz CT molecular complexity index is 1340. The van der Waals surface area contributed by atoms with E-state index in [2.05, 4.69) is 27.4 Å². The zero-order valence-electron chi connectivity index (χ0n) is 19.4. The summed E-state index contributed by atoms with van der Waals surface area (Å²) in [6.45, 7) is 5.57. The van der Waals surface area contributed by atoms with Crippen LogP contribution >= 0.6 is 11.8 Å². The Balaban J connectivity index is 1.65. The third-order valence-electron chi connectivity index (χ3n) is 4.94. The highest BCUT2D eigenvalue weighted by Gasteiger charge is 2.30. The molecule has 10 nitrogen and oxygen atoms in total. The summed E-state index contributed by atoms with van der Waals surface area (Å²) in [5, 5.41) is 24.3. The van der Waals surface area contributed by atoms with Crippen molar-refractivity contribution in [1.82, 2.24) is 14.8 Å². The van der Waals surface area contributed by atoms with E-state index >= 15 is 0 Å². The summed E-state index contributed by atoms with van der Waals surface area (Å²) in [7, 11) is 0. The molecule has 0 aliphatic rings. The number of anilines is 2. The summed E-state index contributed by atoms with van der Waals surface area (Å²) in [4.78, 5) is 35.3. The topological polar surface area (TPSA) is 132 Å². The molecular formula is C23H21F3N6O4S. The van der Waals surface area contributed by atoms with Crippen LogP contribution in [-0.2, 0) is 28.7 Å². The zero-order valence-corrected chi connectivity index (χ0v) is 20.2. The second-order valence-electron chi connectivity index (χ2n) is 7.69. The fraction of sp³-hybridized carbons (Fsp3) is 0.217. The average Bonchev–Trinajstić information content (AvgIpc) is 3.19. The number of hydrogen-bond donors (Lipinski definition) is 2. The van der Waals surface area contributed by atoms with Gasteiger partial charge < -0.3 is 15.2 Å². The Morgan fingerprint density at radius 2 is 1.92 bits per heavy atom. The Kier molecular flexibility index (Phi) is 8.65. The molecule has 2 amide bonds. The highest BCUT2D eigenvalue weighted by Crippen LogP contribution is 2.30. The van der Waals surface area contributed by atoms with Crippen LogP contribution in [-0.4, -0.2) is 37.3 Å². The first kappa shape index (κ1) is 27.4. The molecule has 0 saturated heterocycles. The number of nitrogens with zero attached hydrogens (tertiary/aromatic N) is 4. The van der Waals surface area contributed by atoms with Crippen molar-refractivity contribution < 1.29 is 27.7 Å². The first-order valence-electron chi connectivity index (χ1n) is 10.7. The number of hydrogen-bond acceptors (Lipinski definition) is 7. The van der Waals surface area contributed by atoms with Crippen molar-refractivity contribution in [2.45, 2.75) is 31.2 Å². The number of non-ortho nitro benzene ring substituents is 1. The number of allylic oxidation sites excluding steroid dienone is 1. The first-order chi connectivity index (χ1) is 17.5. The van der Waals surface area contributed by atoms with Crippen LogP contribution in [0.25, 0.3) is 0 Å². The van der Waals surface area contributed by atoms with Gasteiger partial charge in [0.25, 0.3) is 5.69 Å². The molecule has 14 heteroatoms. The van der Waals surface area contributed by atoms with Crippen LogP contribution in [0.2, 0.25) is 0 Å². The molecule has 3 rings (SSSR count). The number of thioether (sulfide) groups is 1. The van der Waals surface area contributed by atoms with E-state index in [0.29, 0.717) is 16.4 Å². The largest absolute Gasteiger partial charge is 0.416 e. The number of halogens is 3. The first-order valence-corrected chi connectivity index (χ1v) is 11.6. The van der Waals surface area contributed by atoms with Crippen molar-refractivity contribution in [3.8, 4) is 0 Å². The number of rotatable bonds is 10. The van der Waals surface area contributed by atoms with E-state index in [4.69, 9.17) is 0 Å². The number of aromatic nitrogens is 3. The van der Waals surface area contributed by atoms with Gasteiger partial charge in [-0.1, -0.05) is 30.0 Å². The molecular weight excluding hydrogens is 513 g/mol. The lowest BCUT2D eigenvalue weighted by atomic mass is 10.2. The van der Waals surface area contributed by atoms with Crippen LogP contribution in [0.15, 0.2) is 60.3 Å². The van der Waals surface area contributed by atoms with Crippen LogP contribution in [0.3, 0.4) is 0 Å². The summed E-state index contributed by atoms with van der Waals surface area (Å²) in [5.74, 6) is -0.923. The van der Waals surface area contributed by atoms with Crippen molar-refractivity contribution in [1.29, 1.82) is 0 Å². The second-order valence-corrected chi connectivity index (χ2v) is 8.64. The van der Waals surface area contributed by atoms with Crippen LogP contribution in [0.1, 0.15) is 17.0 Å². The number of nitrogens with one attached hydrogen (secondary N) is 2. The molecule has 2 N–H and O–H groups in total. The lowest BCUT2D eigenvalue weighted by molar-refractivity contribution is -0.384. The molecule has 1 aromatic heterocycles. The van der Waals surface area contributed by atoms with E-state index < -0.39 is 28.5 Å². The molecule has 0 saturated carbocycles. The van der Waals surface area contributed by atoms with Gasteiger partial charge in [0.15, 0.2) is 5.16 Å². The van der Waals surface area contributed by atoms with Crippen molar-refractivity contribution in [3.63, 3.8) is 0 Å². The van der Waals surface area contributed by atoms with E-state index in [1.807, 2.05) is 0 Å². The van der Waals surface area contributed by atoms with Gasteiger partial charge in [-0.15, -0.1) is 16.8 Å². The predicted octanol–water partition coefficient (Wildman–Crippen LogP) is 4.61. The van der Waals surface area contributed by atoms with E-state index in [9.17, 15) is 32.9 Å². The number of nitro benzene ring substituents is 1. The minimum absolute atomic E-state index is 0.0164. The summed E-state index contributed by atoms with van der Waals surface area (Å²) < 4.78 is 40.3. The molecule has 0 atom stereocenters. The summed E-state index contributed by atoms with van der Waals surface area (Å²) in [5.41, 5.74) is -0.116. The molecule has 0 radical (unpaired) electrons. The maximum absolute atomic E-state index is 12.9.